The van der Waals surface area contributed by atoms with Crippen LogP contribution < -0.4 is 0 Å². The van der Waals surface area contributed by atoms with Crippen LogP contribution in [0.1, 0.15) is 0 Å². The van der Waals surface area contributed by atoms with E-state index in [-0.39, 0.29) is 0 Å². The van der Waals surface area contributed by atoms with Crippen molar-refractivity contribution in [2.24, 2.45) is 0 Å². The molecule has 0 amide bonds. The van der Waals surface area contributed by atoms with Gasteiger partial charge in [-0.1, -0.05) is 133 Å². The summed E-state index contributed by atoms with van der Waals surface area (Å²) >= 11 is 0. The van der Waals surface area contributed by atoms with Gasteiger partial charge in [-0.3, -0.25) is 0 Å². The Morgan fingerprint density at radius 3 is 1.87 bits per heavy atom. The van der Waals surface area contributed by atoms with Crippen LogP contribution in [0.5, 0.6) is 0 Å². The van der Waals surface area contributed by atoms with E-state index in [9.17, 15) is 0 Å². The molecule has 52 heavy (non-hydrogen) atoms. The molecule has 0 aliphatic heterocycles. The number of aromatic nitrogens is 4. The summed E-state index contributed by atoms with van der Waals surface area (Å²) in [5.41, 5.74) is 7.58. The molecule has 0 N–H and O–H groups in total. The van der Waals surface area contributed by atoms with E-state index in [0.29, 0.717) is 17.5 Å². The summed E-state index contributed by atoms with van der Waals surface area (Å²) in [7, 11) is 0. The second kappa shape index (κ2) is 11.2. The third-order valence-corrected chi connectivity index (χ3v) is 10.2. The van der Waals surface area contributed by atoms with E-state index in [2.05, 4.69) is 132 Å². The molecule has 0 radical (unpaired) electrons. The van der Waals surface area contributed by atoms with Crippen molar-refractivity contribution in [3.8, 4) is 39.9 Å². The molecule has 0 fully saturated rings. The predicted octanol–water partition coefficient (Wildman–Crippen LogP) is 12.2. The molecule has 0 atom stereocenters. The van der Waals surface area contributed by atoms with Gasteiger partial charge in [-0.05, 0) is 57.9 Å². The van der Waals surface area contributed by atoms with Crippen molar-refractivity contribution in [2.45, 2.75) is 0 Å². The minimum absolute atomic E-state index is 0.576. The Labute approximate surface area is 298 Å². The topological polar surface area (TPSA) is 56.7 Å². The highest BCUT2D eigenvalue weighted by molar-refractivity contribution is 6.17. The smallest absolute Gasteiger partial charge is 0.164 e. The lowest BCUT2D eigenvalue weighted by Gasteiger charge is -2.14. The molecule has 0 aliphatic rings. The Morgan fingerprint density at radius 1 is 0.385 bits per heavy atom. The lowest BCUT2D eigenvalue weighted by Crippen LogP contribution is -2.02. The number of para-hydroxylation sites is 2. The van der Waals surface area contributed by atoms with Crippen LogP contribution >= 0.6 is 0 Å². The second-order valence-corrected chi connectivity index (χ2v) is 13.2. The number of fused-ring (bicyclic) bond motifs is 8. The molecule has 242 valence electrons. The molecule has 0 spiro atoms. The van der Waals surface area contributed by atoms with Crippen molar-refractivity contribution in [1.29, 1.82) is 0 Å². The van der Waals surface area contributed by atoms with Crippen molar-refractivity contribution in [3.05, 3.63) is 170 Å². The van der Waals surface area contributed by atoms with Crippen LogP contribution in [0, 0.1) is 0 Å². The van der Waals surface area contributed by atoms with Crippen molar-refractivity contribution >= 4 is 65.3 Å². The number of nitrogens with zero attached hydrogens (tertiary/aromatic N) is 4. The quantitative estimate of drug-likeness (QED) is 0.188. The molecule has 3 heterocycles. The molecular formula is C47H28N4O. The number of hydrogen-bond donors (Lipinski definition) is 0. The standard InChI is InChI=1S/C47H28N4O/c1-2-14-30(15-3-1)45-48-46(50-47(49-45)36-22-12-18-29-13-6-7-19-34(29)36)33-27-41(44-37-21-9-11-24-42(37)52-43(44)28-33)51-39-23-10-8-20-35(39)38-25-31-16-4-5-17-32(31)26-40(38)51/h1-28H. The number of benzene rings is 8. The molecule has 5 heteroatoms. The van der Waals surface area contributed by atoms with E-state index < -0.39 is 0 Å². The van der Waals surface area contributed by atoms with Gasteiger partial charge < -0.3 is 8.98 Å². The zero-order valence-electron chi connectivity index (χ0n) is 27.9. The molecule has 8 aromatic carbocycles. The van der Waals surface area contributed by atoms with Crippen molar-refractivity contribution < 1.29 is 4.42 Å². The van der Waals surface area contributed by atoms with Gasteiger partial charge in [-0.25, -0.2) is 15.0 Å². The summed E-state index contributed by atoms with van der Waals surface area (Å²) in [5.74, 6) is 1.81. The van der Waals surface area contributed by atoms with Gasteiger partial charge in [0.05, 0.1) is 22.1 Å². The fraction of sp³-hybridized carbons (Fsp3) is 0. The third kappa shape index (κ3) is 4.39. The van der Waals surface area contributed by atoms with Gasteiger partial charge in [-0.15, -0.1) is 0 Å². The van der Waals surface area contributed by atoms with Gasteiger partial charge >= 0.3 is 0 Å². The van der Waals surface area contributed by atoms with Gasteiger partial charge in [0.2, 0.25) is 0 Å². The van der Waals surface area contributed by atoms with E-state index in [4.69, 9.17) is 19.4 Å². The molecular weight excluding hydrogens is 637 g/mol. The maximum absolute atomic E-state index is 6.65. The van der Waals surface area contributed by atoms with Gasteiger partial charge in [-0.2, -0.15) is 0 Å². The first-order valence-electron chi connectivity index (χ1n) is 17.4. The molecule has 11 rings (SSSR count). The van der Waals surface area contributed by atoms with Crippen LogP contribution in [0.25, 0.3) is 105 Å². The van der Waals surface area contributed by atoms with E-state index in [0.717, 1.165) is 66.1 Å². The average molecular weight is 665 g/mol. The minimum Gasteiger partial charge on any atom is -0.456 e. The van der Waals surface area contributed by atoms with E-state index >= 15 is 0 Å². The molecule has 0 unspecified atom stereocenters. The summed E-state index contributed by atoms with van der Waals surface area (Å²) in [5, 5.41) is 9.12. The molecule has 0 saturated carbocycles. The van der Waals surface area contributed by atoms with Crippen molar-refractivity contribution in [3.63, 3.8) is 0 Å². The minimum atomic E-state index is 0.576. The van der Waals surface area contributed by atoms with Crippen molar-refractivity contribution in [2.75, 3.05) is 0 Å². The largest absolute Gasteiger partial charge is 0.456 e. The third-order valence-electron chi connectivity index (χ3n) is 10.2. The highest BCUT2D eigenvalue weighted by Gasteiger charge is 2.22. The monoisotopic (exact) mass is 664 g/mol. The van der Waals surface area contributed by atoms with Crippen LogP contribution in [0.2, 0.25) is 0 Å². The number of furan rings is 1. The first kappa shape index (κ1) is 28.7. The fourth-order valence-corrected chi connectivity index (χ4v) is 7.81. The maximum Gasteiger partial charge on any atom is 0.164 e. The average Bonchev–Trinajstić information content (AvgIpc) is 3.75. The SMILES string of the molecule is c1ccc(-c2nc(-c3cc(-n4c5ccccc5c5cc6ccccc6cc54)c4c(c3)oc3ccccc34)nc(-c3cccc4ccccc34)n2)cc1. The number of hydrogen-bond acceptors (Lipinski definition) is 4. The summed E-state index contributed by atoms with van der Waals surface area (Å²) in [4.78, 5) is 15.5. The predicted molar refractivity (Wildman–Crippen MR) is 213 cm³/mol. The normalized spacial score (nSPS) is 11.8. The maximum atomic E-state index is 6.65. The van der Waals surface area contributed by atoms with Gasteiger partial charge in [0, 0.05) is 32.8 Å². The first-order chi connectivity index (χ1) is 25.8. The summed E-state index contributed by atoms with van der Waals surface area (Å²) in [6.07, 6.45) is 0. The molecule has 0 saturated heterocycles. The summed E-state index contributed by atoms with van der Waals surface area (Å²) < 4.78 is 9.04. The van der Waals surface area contributed by atoms with E-state index in [1.807, 2.05) is 42.5 Å². The Morgan fingerprint density at radius 2 is 1.02 bits per heavy atom. The molecule has 0 aliphatic carbocycles. The molecule has 11 aromatic rings. The Hall–Kier alpha value is -7.11. The van der Waals surface area contributed by atoms with Crippen LogP contribution in [0.4, 0.5) is 0 Å². The zero-order chi connectivity index (χ0) is 34.2. The van der Waals surface area contributed by atoms with Gasteiger partial charge in [0.1, 0.15) is 11.2 Å². The van der Waals surface area contributed by atoms with Crippen LogP contribution in [-0.4, -0.2) is 19.5 Å². The highest BCUT2D eigenvalue weighted by atomic mass is 16.3. The Balaban J connectivity index is 1.25. The highest BCUT2D eigenvalue weighted by Crippen LogP contribution is 2.42. The van der Waals surface area contributed by atoms with Gasteiger partial charge in [0.15, 0.2) is 17.5 Å². The fourth-order valence-electron chi connectivity index (χ4n) is 7.81. The van der Waals surface area contributed by atoms with E-state index in [1.165, 1.54) is 21.5 Å². The lowest BCUT2D eigenvalue weighted by molar-refractivity contribution is 0.669. The first-order valence-corrected chi connectivity index (χ1v) is 17.4. The molecule has 3 aromatic heterocycles. The van der Waals surface area contributed by atoms with Gasteiger partial charge in [0.25, 0.3) is 0 Å². The van der Waals surface area contributed by atoms with Crippen molar-refractivity contribution in [1.82, 2.24) is 19.5 Å². The zero-order valence-corrected chi connectivity index (χ0v) is 27.9. The molecule has 5 nitrogen and oxygen atoms in total. The van der Waals surface area contributed by atoms with E-state index in [1.54, 1.807) is 0 Å². The second-order valence-electron chi connectivity index (χ2n) is 13.2. The van der Waals surface area contributed by atoms with Crippen LogP contribution in [0.3, 0.4) is 0 Å². The summed E-state index contributed by atoms with van der Waals surface area (Å²) in [6.45, 7) is 0. The Bertz CT molecular complexity index is 3190. The molecule has 0 bridgehead atoms. The Kier molecular flexibility index (Phi) is 6.18. The van der Waals surface area contributed by atoms with Crippen LogP contribution in [-0.2, 0) is 0 Å². The number of rotatable bonds is 4. The van der Waals surface area contributed by atoms with Crippen LogP contribution in [0.15, 0.2) is 174 Å². The summed E-state index contributed by atoms with van der Waals surface area (Å²) in [6, 6.07) is 59.2. The lowest BCUT2D eigenvalue weighted by atomic mass is 10.0.